The van der Waals surface area contributed by atoms with E-state index in [2.05, 4.69) is 4.72 Å². The summed E-state index contributed by atoms with van der Waals surface area (Å²) in [5.41, 5.74) is 1.27. The van der Waals surface area contributed by atoms with Crippen molar-refractivity contribution in [1.29, 1.82) is 0 Å². The molecule has 14 heavy (non-hydrogen) atoms. The van der Waals surface area contributed by atoms with Crippen molar-refractivity contribution in [1.82, 2.24) is 0 Å². The number of hydrogen-bond donors (Lipinski definition) is 2. The predicted octanol–water partition coefficient (Wildman–Crippen LogP) is 2.02. The first-order valence-electron chi connectivity index (χ1n) is 4.24. The monoisotopic (exact) mass is 215 g/mol. The average Bonchev–Trinajstić information content (AvgIpc) is 2.01. The highest BCUT2D eigenvalue weighted by Gasteiger charge is 2.10. The maximum absolute atomic E-state index is 10.6. The van der Waals surface area contributed by atoms with Crippen LogP contribution < -0.4 is 4.72 Å². The van der Waals surface area contributed by atoms with Crippen LogP contribution in [0.2, 0.25) is 0 Å². The molecule has 0 saturated heterocycles. The van der Waals surface area contributed by atoms with Gasteiger partial charge in [0.2, 0.25) is 0 Å². The van der Waals surface area contributed by atoms with Crippen LogP contribution in [0.15, 0.2) is 24.3 Å². The minimum atomic E-state index is -4.18. The number of benzene rings is 1. The van der Waals surface area contributed by atoms with Crippen LogP contribution in [0, 0.1) is 0 Å². The van der Waals surface area contributed by atoms with Crippen LogP contribution >= 0.6 is 0 Å². The number of hydrogen-bond acceptors (Lipinski definition) is 2. The molecule has 0 spiro atoms. The fourth-order valence-corrected chi connectivity index (χ4v) is 1.70. The molecular formula is C9H13NO3S. The van der Waals surface area contributed by atoms with Gasteiger partial charge in [0.05, 0.1) is 5.69 Å². The van der Waals surface area contributed by atoms with E-state index in [0.29, 0.717) is 5.69 Å². The summed E-state index contributed by atoms with van der Waals surface area (Å²) in [6, 6.07) is 6.96. The van der Waals surface area contributed by atoms with Crippen molar-refractivity contribution in [3.63, 3.8) is 0 Å². The minimum absolute atomic E-state index is 0.195. The second kappa shape index (κ2) is 3.98. The fourth-order valence-electron chi connectivity index (χ4n) is 1.23. The van der Waals surface area contributed by atoms with E-state index in [1.807, 2.05) is 26.0 Å². The summed E-state index contributed by atoms with van der Waals surface area (Å²) in [5, 5.41) is 0. The highest BCUT2D eigenvalue weighted by Crippen LogP contribution is 2.23. The zero-order valence-electron chi connectivity index (χ0n) is 8.06. The van der Waals surface area contributed by atoms with E-state index in [-0.39, 0.29) is 5.92 Å². The molecule has 1 aromatic rings. The lowest BCUT2D eigenvalue weighted by atomic mass is 10.0. The van der Waals surface area contributed by atoms with E-state index in [4.69, 9.17) is 4.55 Å². The summed E-state index contributed by atoms with van der Waals surface area (Å²) >= 11 is 0. The zero-order valence-corrected chi connectivity index (χ0v) is 8.88. The Bertz CT molecular complexity index is 412. The number of para-hydroxylation sites is 1. The second-order valence-electron chi connectivity index (χ2n) is 3.32. The Hall–Kier alpha value is -1.07. The van der Waals surface area contributed by atoms with E-state index < -0.39 is 10.3 Å². The van der Waals surface area contributed by atoms with Crippen molar-refractivity contribution in [3.05, 3.63) is 29.8 Å². The van der Waals surface area contributed by atoms with Gasteiger partial charge in [-0.2, -0.15) is 8.42 Å². The minimum Gasteiger partial charge on any atom is -0.269 e. The topological polar surface area (TPSA) is 66.4 Å². The lowest BCUT2D eigenvalue weighted by Crippen LogP contribution is -2.12. The van der Waals surface area contributed by atoms with Gasteiger partial charge in [-0.3, -0.25) is 9.27 Å². The zero-order chi connectivity index (χ0) is 10.8. The summed E-state index contributed by atoms with van der Waals surface area (Å²) in [5.74, 6) is 0.195. The van der Waals surface area contributed by atoms with E-state index in [1.165, 1.54) is 0 Å². The molecule has 0 aliphatic heterocycles. The van der Waals surface area contributed by atoms with Crippen LogP contribution in [0.3, 0.4) is 0 Å². The Morgan fingerprint density at radius 3 is 2.36 bits per heavy atom. The quantitative estimate of drug-likeness (QED) is 0.758. The summed E-state index contributed by atoms with van der Waals surface area (Å²) < 4.78 is 31.9. The lowest BCUT2D eigenvalue weighted by Gasteiger charge is -2.11. The third-order valence-corrected chi connectivity index (χ3v) is 2.30. The lowest BCUT2D eigenvalue weighted by molar-refractivity contribution is 0.489. The molecule has 0 radical (unpaired) electrons. The van der Waals surface area contributed by atoms with E-state index in [0.717, 1.165) is 5.56 Å². The van der Waals surface area contributed by atoms with Crippen LogP contribution in [0.25, 0.3) is 0 Å². The first kappa shape index (κ1) is 11.0. The summed E-state index contributed by atoms with van der Waals surface area (Å²) in [7, 11) is -4.18. The predicted molar refractivity (Wildman–Crippen MR) is 55.7 cm³/mol. The Kier molecular flexibility index (Phi) is 3.13. The normalized spacial score (nSPS) is 11.7. The molecule has 0 bridgehead atoms. The van der Waals surface area contributed by atoms with Crippen molar-refractivity contribution in [3.8, 4) is 0 Å². The molecule has 1 rings (SSSR count). The maximum Gasteiger partial charge on any atom is 0.357 e. The highest BCUT2D eigenvalue weighted by atomic mass is 32.2. The largest absolute Gasteiger partial charge is 0.357 e. The molecule has 0 aliphatic carbocycles. The highest BCUT2D eigenvalue weighted by molar-refractivity contribution is 7.87. The van der Waals surface area contributed by atoms with E-state index >= 15 is 0 Å². The Labute approximate surface area is 83.8 Å². The maximum atomic E-state index is 10.6. The Balaban J connectivity index is 3.08. The van der Waals surface area contributed by atoms with Gasteiger partial charge in [0.1, 0.15) is 0 Å². The van der Waals surface area contributed by atoms with Crippen LogP contribution in [0.1, 0.15) is 25.3 Å². The van der Waals surface area contributed by atoms with E-state index in [1.54, 1.807) is 12.1 Å². The molecule has 5 heteroatoms. The molecule has 0 aromatic heterocycles. The number of rotatable bonds is 3. The molecule has 78 valence electrons. The van der Waals surface area contributed by atoms with Gasteiger partial charge in [0.15, 0.2) is 0 Å². The third-order valence-electron chi connectivity index (χ3n) is 1.82. The van der Waals surface area contributed by atoms with Gasteiger partial charge in [-0.1, -0.05) is 32.0 Å². The molecule has 0 fully saturated rings. The molecule has 0 unspecified atom stereocenters. The summed E-state index contributed by atoms with van der Waals surface area (Å²) in [6.45, 7) is 3.90. The molecule has 1 aromatic carbocycles. The smallest absolute Gasteiger partial charge is 0.269 e. The average molecular weight is 215 g/mol. The van der Waals surface area contributed by atoms with Crippen LogP contribution in [-0.2, 0) is 10.3 Å². The molecule has 0 aliphatic rings. The van der Waals surface area contributed by atoms with Gasteiger partial charge in [-0.25, -0.2) is 0 Å². The van der Waals surface area contributed by atoms with Crippen molar-refractivity contribution in [2.45, 2.75) is 19.8 Å². The summed E-state index contributed by atoms with van der Waals surface area (Å²) in [6.07, 6.45) is 0. The molecule has 4 nitrogen and oxygen atoms in total. The first-order valence-corrected chi connectivity index (χ1v) is 5.68. The van der Waals surface area contributed by atoms with Gasteiger partial charge in [-0.15, -0.1) is 0 Å². The van der Waals surface area contributed by atoms with Crippen molar-refractivity contribution in [2.75, 3.05) is 4.72 Å². The molecule has 0 atom stereocenters. The van der Waals surface area contributed by atoms with Gasteiger partial charge < -0.3 is 0 Å². The molecule has 0 amide bonds. The van der Waals surface area contributed by atoms with Crippen LogP contribution in [0.5, 0.6) is 0 Å². The molecule has 0 saturated carbocycles. The first-order chi connectivity index (χ1) is 6.40. The van der Waals surface area contributed by atoms with Crippen molar-refractivity contribution < 1.29 is 13.0 Å². The Morgan fingerprint density at radius 1 is 1.29 bits per heavy atom. The number of anilines is 1. The second-order valence-corrected chi connectivity index (χ2v) is 4.47. The van der Waals surface area contributed by atoms with Gasteiger partial charge in [0.25, 0.3) is 0 Å². The Morgan fingerprint density at radius 2 is 1.86 bits per heavy atom. The molecular weight excluding hydrogens is 202 g/mol. The van der Waals surface area contributed by atoms with Gasteiger partial charge >= 0.3 is 10.3 Å². The van der Waals surface area contributed by atoms with E-state index in [9.17, 15) is 8.42 Å². The summed E-state index contributed by atoms with van der Waals surface area (Å²) in [4.78, 5) is 0. The van der Waals surface area contributed by atoms with Gasteiger partial charge in [0, 0.05) is 0 Å². The standard InChI is InChI=1S/C9H13NO3S/c1-7(2)8-5-3-4-6-9(8)10-14(11,12)13/h3-7,10H,1-2H3,(H,11,12,13). The van der Waals surface area contributed by atoms with Crippen LogP contribution in [-0.4, -0.2) is 13.0 Å². The SMILES string of the molecule is CC(C)c1ccccc1NS(=O)(=O)O. The van der Waals surface area contributed by atoms with Gasteiger partial charge in [-0.05, 0) is 17.5 Å². The fraction of sp³-hybridized carbons (Fsp3) is 0.333. The molecule has 0 heterocycles. The number of nitrogens with one attached hydrogen (secondary N) is 1. The van der Waals surface area contributed by atoms with Crippen molar-refractivity contribution >= 4 is 16.0 Å². The third kappa shape index (κ3) is 3.01. The molecule has 2 N–H and O–H groups in total. The van der Waals surface area contributed by atoms with Crippen molar-refractivity contribution in [2.24, 2.45) is 0 Å². The van der Waals surface area contributed by atoms with Crippen LogP contribution in [0.4, 0.5) is 5.69 Å².